The molecule has 84 valence electrons. The van der Waals surface area contributed by atoms with Crippen molar-refractivity contribution in [2.24, 2.45) is 0 Å². The summed E-state index contributed by atoms with van der Waals surface area (Å²) in [4.78, 5) is 13.2. The maximum atomic E-state index is 10.4. The number of nitrogens with zero attached hydrogens (tertiary/aromatic N) is 3. The number of aliphatic hydroxyl groups excluding tert-OH is 1. The maximum absolute atomic E-state index is 10.4. The van der Waals surface area contributed by atoms with Gasteiger partial charge in [-0.2, -0.15) is 0 Å². The molecular formula is C7H10ClN3O4. The van der Waals surface area contributed by atoms with Gasteiger partial charge in [0.05, 0.1) is 19.3 Å². The number of nitro groups is 1. The van der Waals surface area contributed by atoms with Crippen LogP contribution in [0.25, 0.3) is 0 Å². The van der Waals surface area contributed by atoms with Crippen LogP contribution in [0.4, 0.5) is 5.82 Å². The highest BCUT2D eigenvalue weighted by molar-refractivity contribution is 6.28. The Morgan fingerprint density at radius 2 is 2.53 bits per heavy atom. The smallest absolute Gasteiger partial charge is 0.383 e. The number of hydrogen-bond donors (Lipinski definition) is 1. The average Bonchev–Trinajstić information content (AvgIpc) is 2.48. The highest BCUT2D eigenvalue weighted by Crippen LogP contribution is 2.15. The van der Waals surface area contributed by atoms with Gasteiger partial charge in [0.15, 0.2) is 0 Å². The Hall–Kier alpha value is -1.18. The zero-order chi connectivity index (χ0) is 11.4. The Balaban J connectivity index is 2.72. The average molecular weight is 236 g/mol. The minimum absolute atomic E-state index is 0.0307. The molecule has 0 amide bonds. The van der Waals surface area contributed by atoms with Crippen LogP contribution in [0.3, 0.4) is 0 Å². The molecular weight excluding hydrogens is 226 g/mol. The van der Waals surface area contributed by atoms with E-state index in [0.29, 0.717) is 0 Å². The summed E-state index contributed by atoms with van der Waals surface area (Å²) in [6.07, 6.45) is 0.391. The SMILES string of the molecule is COCC(O)Cn1cc([N+](=O)[O-])nc1Cl. The van der Waals surface area contributed by atoms with Crippen molar-refractivity contribution in [2.75, 3.05) is 13.7 Å². The van der Waals surface area contributed by atoms with Crippen molar-refractivity contribution in [3.05, 3.63) is 21.6 Å². The first kappa shape index (κ1) is 11.9. The van der Waals surface area contributed by atoms with E-state index < -0.39 is 11.0 Å². The predicted octanol–water partition coefficient (Wildman–Crippen LogP) is 0.452. The van der Waals surface area contributed by atoms with Crippen LogP contribution < -0.4 is 0 Å². The fraction of sp³-hybridized carbons (Fsp3) is 0.571. The molecule has 1 N–H and O–H groups in total. The first-order chi connectivity index (χ1) is 7.04. The fourth-order valence-electron chi connectivity index (χ4n) is 1.07. The molecule has 7 nitrogen and oxygen atoms in total. The summed E-state index contributed by atoms with van der Waals surface area (Å²) in [6.45, 7) is 0.232. The molecule has 1 heterocycles. The van der Waals surface area contributed by atoms with Crippen LogP contribution in [-0.2, 0) is 11.3 Å². The molecule has 0 aliphatic rings. The van der Waals surface area contributed by atoms with Gasteiger partial charge in [-0.1, -0.05) is 0 Å². The second-order valence-corrected chi connectivity index (χ2v) is 3.22. The number of imidazole rings is 1. The van der Waals surface area contributed by atoms with Gasteiger partial charge in [0.2, 0.25) is 0 Å². The van der Waals surface area contributed by atoms with Gasteiger partial charge in [0, 0.05) is 7.11 Å². The molecule has 8 heteroatoms. The largest absolute Gasteiger partial charge is 0.389 e. The van der Waals surface area contributed by atoms with Crippen LogP contribution in [0.15, 0.2) is 6.20 Å². The number of methoxy groups -OCH3 is 1. The Labute approximate surface area is 90.4 Å². The molecule has 1 atom stereocenters. The molecule has 0 aromatic carbocycles. The molecule has 0 aliphatic carbocycles. The lowest BCUT2D eigenvalue weighted by atomic mass is 10.4. The topological polar surface area (TPSA) is 90.4 Å². The first-order valence-electron chi connectivity index (χ1n) is 4.08. The van der Waals surface area contributed by atoms with Gasteiger partial charge < -0.3 is 20.0 Å². The second kappa shape index (κ2) is 5.06. The van der Waals surface area contributed by atoms with Crippen molar-refractivity contribution >= 4 is 17.4 Å². The van der Waals surface area contributed by atoms with Gasteiger partial charge in [0.1, 0.15) is 6.20 Å². The van der Waals surface area contributed by atoms with E-state index in [2.05, 4.69) is 4.98 Å². The predicted molar refractivity (Wildman–Crippen MR) is 51.8 cm³/mol. The molecule has 0 fully saturated rings. The van der Waals surface area contributed by atoms with Crippen molar-refractivity contribution in [1.82, 2.24) is 9.55 Å². The third-order valence-electron chi connectivity index (χ3n) is 1.67. The van der Waals surface area contributed by atoms with Gasteiger partial charge in [-0.25, -0.2) is 0 Å². The van der Waals surface area contributed by atoms with Crippen LogP contribution in [0.5, 0.6) is 0 Å². The van der Waals surface area contributed by atoms with Crippen LogP contribution in [0.2, 0.25) is 5.28 Å². The quantitative estimate of drug-likeness (QED) is 0.591. The van der Waals surface area contributed by atoms with E-state index in [9.17, 15) is 15.2 Å². The lowest BCUT2D eigenvalue weighted by Crippen LogP contribution is -2.20. The molecule has 1 aromatic rings. The van der Waals surface area contributed by atoms with Crippen molar-refractivity contribution in [3.63, 3.8) is 0 Å². The molecule has 1 aromatic heterocycles. The standard InChI is InChI=1S/C7H10ClN3O4/c1-15-4-5(12)2-10-3-6(11(13)14)9-7(10)8/h3,5,12H,2,4H2,1H3. The Morgan fingerprint density at radius 1 is 1.87 bits per heavy atom. The number of halogens is 1. The number of ether oxygens (including phenoxy) is 1. The minimum Gasteiger partial charge on any atom is -0.389 e. The van der Waals surface area contributed by atoms with E-state index in [0.717, 1.165) is 0 Å². The van der Waals surface area contributed by atoms with E-state index in [1.165, 1.54) is 17.9 Å². The summed E-state index contributed by atoms with van der Waals surface area (Å²) in [5.41, 5.74) is 0. The third-order valence-corrected chi connectivity index (χ3v) is 1.97. The Morgan fingerprint density at radius 3 is 3.00 bits per heavy atom. The summed E-state index contributed by atoms with van der Waals surface area (Å²) in [7, 11) is 1.45. The van der Waals surface area contributed by atoms with Gasteiger partial charge in [-0.3, -0.25) is 4.57 Å². The lowest BCUT2D eigenvalue weighted by Gasteiger charge is -2.08. The summed E-state index contributed by atoms with van der Waals surface area (Å²) >= 11 is 5.63. The second-order valence-electron chi connectivity index (χ2n) is 2.89. The summed E-state index contributed by atoms with van der Waals surface area (Å²) in [6, 6.07) is 0. The van der Waals surface area contributed by atoms with E-state index >= 15 is 0 Å². The molecule has 1 rings (SSSR count). The number of rotatable bonds is 5. The van der Waals surface area contributed by atoms with Crippen LogP contribution >= 0.6 is 11.6 Å². The van der Waals surface area contributed by atoms with E-state index in [4.69, 9.17) is 16.3 Å². The number of aromatic nitrogens is 2. The monoisotopic (exact) mass is 235 g/mol. The normalized spacial score (nSPS) is 12.7. The molecule has 0 spiro atoms. The Kier molecular flexibility index (Phi) is 4.01. The van der Waals surface area contributed by atoms with Crippen molar-refractivity contribution < 1.29 is 14.8 Å². The maximum Gasteiger partial charge on any atom is 0.383 e. The van der Waals surface area contributed by atoms with Crippen LogP contribution in [0.1, 0.15) is 0 Å². The third kappa shape index (κ3) is 3.15. The van der Waals surface area contributed by atoms with Crippen molar-refractivity contribution in [1.29, 1.82) is 0 Å². The van der Waals surface area contributed by atoms with Gasteiger partial charge in [0.25, 0.3) is 0 Å². The molecule has 0 saturated carbocycles. The zero-order valence-electron chi connectivity index (χ0n) is 7.96. The Bertz CT molecular complexity index is 354. The minimum atomic E-state index is -0.777. The molecule has 15 heavy (non-hydrogen) atoms. The summed E-state index contributed by atoms with van der Waals surface area (Å²) in [5, 5.41) is 19.7. The number of hydrogen-bond acceptors (Lipinski definition) is 5. The highest BCUT2D eigenvalue weighted by Gasteiger charge is 2.18. The van der Waals surface area contributed by atoms with Gasteiger partial charge in [-0.15, -0.1) is 0 Å². The summed E-state index contributed by atoms with van der Waals surface area (Å²) in [5.74, 6) is -0.343. The fourth-order valence-corrected chi connectivity index (χ4v) is 1.27. The number of aliphatic hydroxyl groups is 1. The van der Waals surface area contributed by atoms with Gasteiger partial charge in [-0.05, 0) is 21.5 Å². The lowest BCUT2D eigenvalue weighted by molar-refractivity contribution is -0.389. The molecule has 0 bridgehead atoms. The van der Waals surface area contributed by atoms with Crippen molar-refractivity contribution in [2.45, 2.75) is 12.6 Å². The van der Waals surface area contributed by atoms with Crippen LogP contribution in [0, 0.1) is 10.1 Å². The van der Waals surface area contributed by atoms with Crippen molar-refractivity contribution in [3.8, 4) is 0 Å². The molecule has 0 radical (unpaired) electrons. The van der Waals surface area contributed by atoms with E-state index in [1.54, 1.807) is 0 Å². The van der Waals surface area contributed by atoms with Crippen LogP contribution in [-0.4, -0.2) is 39.4 Å². The van der Waals surface area contributed by atoms with E-state index in [-0.39, 0.29) is 24.3 Å². The molecule has 1 unspecified atom stereocenters. The first-order valence-corrected chi connectivity index (χ1v) is 4.46. The summed E-state index contributed by atoms with van der Waals surface area (Å²) < 4.78 is 6.00. The highest BCUT2D eigenvalue weighted by atomic mass is 35.5. The molecule has 0 saturated heterocycles. The molecule has 0 aliphatic heterocycles. The van der Waals surface area contributed by atoms with E-state index in [1.807, 2.05) is 0 Å². The zero-order valence-corrected chi connectivity index (χ0v) is 8.72. The van der Waals surface area contributed by atoms with Gasteiger partial charge >= 0.3 is 11.1 Å².